The van der Waals surface area contributed by atoms with E-state index in [1.165, 1.54) is 25.8 Å². The number of hydrazine groups is 2. The SMILES string of the molecule is COc1cnc(-c2cncnc2)c2[nH]cc(C(=O)C(=O)N3CCN(C4=NNNN4c4ccccn4)CC3)c12. The summed E-state index contributed by atoms with van der Waals surface area (Å²) in [5, 5.41) is 6.53. The second-order valence-corrected chi connectivity index (χ2v) is 8.52. The van der Waals surface area contributed by atoms with Crippen molar-refractivity contribution >= 4 is 34.4 Å². The number of H-pyrrole nitrogens is 1. The normalized spacial score (nSPS) is 15.4. The Morgan fingerprint density at radius 3 is 2.58 bits per heavy atom. The van der Waals surface area contributed by atoms with Gasteiger partial charge in [0.25, 0.3) is 11.7 Å². The molecule has 0 unspecified atom stereocenters. The highest BCUT2D eigenvalue weighted by atomic mass is 16.5. The van der Waals surface area contributed by atoms with Crippen LogP contribution >= 0.6 is 0 Å². The van der Waals surface area contributed by atoms with Crippen LogP contribution in [0.1, 0.15) is 10.4 Å². The van der Waals surface area contributed by atoms with Crippen molar-refractivity contribution in [2.45, 2.75) is 0 Å². The second-order valence-electron chi connectivity index (χ2n) is 8.52. The Balaban J connectivity index is 1.20. The van der Waals surface area contributed by atoms with Crippen LogP contribution in [0.5, 0.6) is 5.75 Å². The largest absolute Gasteiger partial charge is 0.494 e. The van der Waals surface area contributed by atoms with E-state index >= 15 is 0 Å². The van der Waals surface area contributed by atoms with Gasteiger partial charge in [-0.15, -0.1) is 10.6 Å². The zero-order valence-electron chi connectivity index (χ0n) is 20.3. The molecule has 38 heavy (non-hydrogen) atoms. The van der Waals surface area contributed by atoms with Crippen LogP contribution in [-0.4, -0.2) is 85.7 Å². The number of piperazine rings is 1. The van der Waals surface area contributed by atoms with E-state index in [0.717, 1.165) is 0 Å². The monoisotopic (exact) mass is 513 g/mol. The zero-order valence-corrected chi connectivity index (χ0v) is 20.3. The molecule has 1 saturated heterocycles. The van der Waals surface area contributed by atoms with Gasteiger partial charge >= 0.3 is 0 Å². The smallest absolute Gasteiger partial charge is 0.295 e. The number of aromatic amines is 1. The van der Waals surface area contributed by atoms with Gasteiger partial charge in [-0.05, 0) is 12.1 Å². The van der Waals surface area contributed by atoms with Crippen molar-refractivity contribution in [3.05, 3.63) is 61.1 Å². The molecule has 0 bridgehead atoms. The Kier molecular flexibility index (Phi) is 5.97. The topological polar surface area (TPSA) is 157 Å². The van der Waals surface area contributed by atoms with Crippen molar-refractivity contribution in [1.29, 1.82) is 0 Å². The maximum Gasteiger partial charge on any atom is 0.295 e. The lowest BCUT2D eigenvalue weighted by molar-refractivity contribution is -0.127. The maximum atomic E-state index is 13.4. The number of carbonyl (C=O) groups is 2. The van der Waals surface area contributed by atoms with E-state index in [2.05, 4.69) is 41.1 Å². The molecule has 6 heterocycles. The lowest BCUT2D eigenvalue weighted by Crippen LogP contribution is -2.56. The van der Waals surface area contributed by atoms with Crippen molar-refractivity contribution in [2.75, 3.05) is 38.3 Å². The van der Waals surface area contributed by atoms with Gasteiger partial charge in [-0.1, -0.05) is 6.07 Å². The predicted molar refractivity (Wildman–Crippen MR) is 137 cm³/mol. The van der Waals surface area contributed by atoms with Gasteiger partial charge in [-0.2, -0.15) is 0 Å². The van der Waals surface area contributed by atoms with E-state index < -0.39 is 11.7 Å². The molecule has 0 saturated carbocycles. The van der Waals surface area contributed by atoms with E-state index in [9.17, 15) is 9.59 Å². The highest BCUT2D eigenvalue weighted by Crippen LogP contribution is 2.34. The first-order valence-corrected chi connectivity index (χ1v) is 11.8. The summed E-state index contributed by atoms with van der Waals surface area (Å²) in [6, 6.07) is 5.58. The fourth-order valence-corrected chi connectivity index (χ4v) is 4.54. The van der Waals surface area contributed by atoms with Gasteiger partial charge in [0.15, 0.2) is 5.82 Å². The maximum absolute atomic E-state index is 13.4. The summed E-state index contributed by atoms with van der Waals surface area (Å²) in [6.45, 7) is 1.69. The number of ketones is 1. The highest BCUT2D eigenvalue weighted by molar-refractivity contribution is 6.45. The molecule has 0 aliphatic carbocycles. The minimum atomic E-state index is -0.624. The van der Waals surface area contributed by atoms with Gasteiger partial charge < -0.3 is 19.5 Å². The Bertz CT molecular complexity index is 1520. The number of anilines is 1. The standard InChI is InChI=1S/C24H23N11O3/c1-38-17-13-29-20(15-10-25-14-26-11-15)21-19(17)16(12-28-21)22(36)23(37)33-6-8-34(9-7-33)24-30-31-32-35(24)18-4-2-3-5-27-18/h2-5,10-14,28,31-32H,6-9H2,1H3. The number of aromatic nitrogens is 5. The molecular weight excluding hydrogens is 490 g/mol. The number of methoxy groups -OCH3 is 1. The molecule has 0 radical (unpaired) electrons. The number of hydrogen-bond acceptors (Lipinski definition) is 12. The van der Waals surface area contributed by atoms with Crippen molar-refractivity contribution in [1.82, 2.24) is 45.8 Å². The molecule has 1 fully saturated rings. The van der Waals surface area contributed by atoms with Gasteiger partial charge in [0.05, 0.1) is 35.5 Å². The molecule has 3 N–H and O–H groups in total. The molecule has 1 amide bonds. The lowest BCUT2D eigenvalue weighted by Gasteiger charge is -2.36. The Morgan fingerprint density at radius 2 is 1.84 bits per heavy atom. The number of hydrogen-bond donors (Lipinski definition) is 3. The number of rotatable bonds is 5. The molecule has 4 aromatic heterocycles. The summed E-state index contributed by atoms with van der Waals surface area (Å²) >= 11 is 0. The number of amides is 1. The minimum absolute atomic E-state index is 0.222. The molecule has 2 aliphatic rings. The summed E-state index contributed by atoms with van der Waals surface area (Å²) < 4.78 is 5.48. The molecule has 0 atom stereocenters. The summed E-state index contributed by atoms with van der Waals surface area (Å²) in [5.41, 5.74) is 7.71. The number of nitrogens with zero attached hydrogens (tertiary/aromatic N) is 8. The third-order valence-corrected chi connectivity index (χ3v) is 6.41. The van der Waals surface area contributed by atoms with Crippen molar-refractivity contribution < 1.29 is 14.3 Å². The molecule has 14 heteroatoms. The number of nitrogens with one attached hydrogen (secondary N) is 3. The third-order valence-electron chi connectivity index (χ3n) is 6.41. The van der Waals surface area contributed by atoms with Crippen molar-refractivity contribution in [3.63, 3.8) is 0 Å². The first kappa shape index (κ1) is 23.3. The van der Waals surface area contributed by atoms with Gasteiger partial charge in [-0.3, -0.25) is 14.6 Å². The molecule has 0 spiro atoms. The number of fused-ring (bicyclic) bond motifs is 1. The molecule has 14 nitrogen and oxygen atoms in total. The third kappa shape index (κ3) is 4.02. The van der Waals surface area contributed by atoms with Gasteiger partial charge in [0, 0.05) is 56.5 Å². The Hall–Kier alpha value is -5.11. The summed E-state index contributed by atoms with van der Waals surface area (Å²) in [5.74, 6) is 0.487. The molecule has 0 aromatic carbocycles. The van der Waals surface area contributed by atoms with E-state index in [1.54, 1.807) is 28.5 Å². The van der Waals surface area contributed by atoms with Crippen LogP contribution in [0.2, 0.25) is 0 Å². The van der Waals surface area contributed by atoms with Crippen LogP contribution in [0.3, 0.4) is 0 Å². The van der Waals surface area contributed by atoms with E-state index in [0.29, 0.717) is 65.9 Å². The number of carbonyl (C=O) groups excluding carboxylic acids is 2. The molecule has 4 aromatic rings. The second kappa shape index (κ2) is 9.74. The average Bonchev–Trinajstić information content (AvgIpc) is 3.65. The number of hydrazone groups is 1. The first-order chi connectivity index (χ1) is 18.7. The molecule has 6 rings (SSSR count). The molecule has 2 aliphatic heterocycles. The number of guanidine groups is 1. The van der Waals surface area contributed by atoms with Crippen LogP contribution < -0.4 is 20.8 Å². The van der Waals surface area contributed by atoms with Crippen LogP contribution in [0.4, 0.5) is 5.82 Å². The number of pyridine rings is 2. The predicted octanol–water partition coefficient (Wildman–Crippen LogP) is 0.551. The van der Waals surface area contributed by atoms with Crippen LogP contribution in [0.15, 0.2) is 60.6 Å². The number of Topliss-reactive ketones (excluding diaryl/α,β-unsaturated/α-hetero) is 1. The fourth-order valence-electron chi connectivity index (χ4n) is 4.54. The van der Waals surface area contributed by atoms with Gasteiger partial charge in [0.1, 0.15) is 12.1 Å². The summed E-state index contributed by atoms with van der Waals surface area (Å²) in [7, 11) is 1.49. The summed E-state index contributed by atoms with van der Waals surface area (Å²) in [6.07, 6.45) is 9.42. The Labute approximate surface area is 216 Å². The van der Waals surface area contributed by atoms with Crippen molar-refractivity contribution in [2.24, 2.45) is 5.10 Å². The quantitative estimate of drug-likeness (QED) is 0.253. The van der Waals surface area contributed by atoms with E-state index in [1.807, 2.05) is 23.1 Å². The average molecular weight is 514 g/mol. The summed E-state index contributed by atoms with van der Waals surface area (Å²) in [4.78, 5) is 50.3. The van der Waals surface area contributed by atoms with Gasteiger partial charge in [-0.25, -0.2) is 25.5 Å². The Morgan fingerprint density at radius 1 is 1.03 bits per heavy atom. The number of ether oxygens (including phenoxy) is 1. The minimum Gasteiger partial charge on any atom is -0.494 e. The van der Waals surface area contributed by atoms with E-state index in [4.69, 9.17) is 4.74 Å². The van der Waals surface area contributed by atoms with Crippen LogP contribution in [-0.2, 0) is 4.79 Å². The zero-order chi connectivity index (χ0) is 26.1. The van der Waals surface area contributed by atoms with Crippen LogP contribution in [0, 0.1) is 0 Å². The highest BCUT2D eigenvalue weighted by Gasteiger charge is 2.33. The lowest BCUT2D eigenvalue weighted by atomic mass is 10.1. The van der Waals surface area contributed by atoms with Crippen LogP contribution in [0.25, 0.3) is 22.2 Å². The fraction of sp³-hybridized carbons (Fsp3) is 0.208. The van der Waals surface area contributed by atoms with E-state index in [-0.39, 0.29) is 5.56 Å². The van der Waals surface area contributed by atoms with Crippen molar-refractivity contribution in [3.8, 4) is 17.0 Å². The molecular formula is C24H23N11O3. The molecule has 192 valence electrons. The van der Waals surface area contributed by atoms with Gasteiger partial charge in [0.2, 0.25) is 5.96 Å². The first-order valence-electron chi connectivity index (χ1n) is 11.8.